The summed E-state index contributed by atoms with van der Waals surface area (Å²) in [5.41, 5.74) is 1.27. The van der Waals surface area contributed by atoms with E-state index in [0.29, 0.717) is 49.5 Å². The Balaban J connectivity index is 1.62. The number of hydrogen-bond acceptors (Lipinski definition) is 7. The van der Waals surface area contributed by atoms with Gasteiger partial charge in [0, 0.05) is 13.1 Å². The smallest absolute Gasteiger partial charge is 0.318 e. The summed E-state index contributed by atoms with van der Waals surface area (Å²) in [7, 11) is 1.54. The molecule has 1 aromatic heterocycles. The van der Waals surface area contributed by atoms with Crippen LogP contribution in [0.2, 0.25) is 0 Å². The zero-order valence-corrected chi connectivity index (χ0v) is 16.1. The van der Waals surface area contributed by atoms with Crippen LogP contribution in [0.15, 0.2) is 59.0 Å². The average molecular weight is 394 g/mol. The maximum absolute atomic E-state index is 13.0. The summed E-state index contributed by atoms with van der Waals surface area (Å²) in [6, 6.07) is 16.4. The van der Waals surface area contributed by atoms with Gasteiger partial charge >= 0.3 is 6.01 Å². The van der Waals surface area contributed by atoms with Crippen molar-refractivity contribution < 1.29 is 18.7 Å². The first kappa shape index (κ1) is 18.9. The fourth-order valence-corrected chi connectivity index (χ4v) is 3.20. The van der Waals surface area contributed by atoms with Crippen LogP contribution in [0.3, 0.4) is 0 Å². The van der Waals surface area contributed by atoms with Crippen LogP contribution in [0.1, 0.15) is 27.9 Å². The van der Waals surface area contributed by atoms with Gasteiger partial charge in [-0.15, -0.1) is 5.10 Å². The van der Waals surface area contributed by atoms with Crippen LogP contribution in [0.5, 0.6) is 5.75 Å². The number of methoxy groups -OCH3 is 1. The molecule has 1 unspecified atom stereocenters. The molecule has 29 heavy (non-hydrogen) atoms. The Bertz CT molecular complexity index is 954. The first-order chi connectivity index (χ1) is 14.3. The van der Waals surface area contributed by atoms with E-state index in [2.05, 4.69) is 15.5 Å². The number of ether oxygens (including phenoxy) is 2. The normalized spacial score (nSPS) is 15.0. The Hall–Kier alpha value is -3.39. The van der Waals surface area contributed by atoms with Crippen LogP contribution in [-0.2, 0) is 4.74 Å². The molecule has 8 heteroatoms. The lowest BCUT2D eigenvalue weighted by molar-refractivity contribution is 0.0934. The van der Waals surface area contributed by atoms with Gasteiger partial charge in [0.05, 0.1) is 25.9 Å². The summed E-state index contributed by atoms with van der Waals surface area (Å²) in [5.74, 6) is 0.528. The van der Waals surface area contributed by atoms with Crippen LogP contribution in [0.4, 0.5) is 6.01 Å². The van der Waals surface area contributed by atoms with Gasteiger partial charge in [-0.05, 0) is 17.7 Å². The quantitative estimate of drug-likeness (QED) is 0.687. The molecule has 1 aliphatic heterocycles. The number of carbonyl (C=O) groups excluding carboxylic acids is 1. The largest absolute Gasteiger partial charge is 0.496 e. The number of anilines is 1. The zero-order valence-electron chi connectivity index (χ0n) is 16.1. The van der Waals surface area contributed by atoms with Crippen molar-refractivity contribution in [2.24, 2.45) is 0 Å². The van der Waals surface area contributed by atoms with E-state index in [0.717, 1.165) is 5.56 Å². The van der Waals surface area contributed by atoms with Crippen molar-refractivity contribution >= 4 is 11.9 Å². The fourth-order valence-electron chi connectivity index (χ4n) is 3.20. The maximum atomic E-state index is 13.0. The molecule has 2 aromatic carbocycles. The molecular weight excluding hydrogens is 372 g/mol. The third-order valence-corrected chi connectivity index (χ3v) is 4.72. The summed E-state index contributed by atoms with van der Waals surface area (Å²) in [5, 5.41) is 11.4. The van der Waals surface area contributed by atoms with E-state index in [1.54, 1.807) is 18.2 Å². The molecule has 1 fully saturated rings. The van der Waals surface area contributed by atoms with Gasteiger partial charge in [0.2, 0.25) is 5.89 Å². The van der Waals surface area contributed by atoms with Gasteiger partial charge in [-0.3, -0.25) is 4.79 Å². The third-order valence-electron chi connectivity index (χ3n) is 4.72. The summed E-state index contributed by atoms with van der Waals surface area (Å²) < 4.78 is 16.6. The Labute approximate surface area is 168 Å². The first-order valence-electron chi connectivity index (χ1n) is 9.41. The maximum Gasteiger partial charge on any atom is 0.318 e. The van der Waals surface area contributed by atoms with Crippen molar-refractivity contribution in [3.63, 3.8) is 0 Å². The number of hydrogen-bond donors (Lipinski definition) is 1. The van der Waals surface area contributed by atoms with Gasteiger partial charge < -0.3 is 24.1 Å². The van der Waals surface area contributed by atoms with Crippen LogP contribution < -0.4 is 15.0 Å². The molecule has 4 rings (SSSR count). The number of para-hydroxylation sites is 1. The number of nitrogens with zero attached hydrogens (tertiary/aromatic N) is 3. The molecule has 8 nitrogen and oxygen atoms in total. The van der Waals surface area contributed by atoms with Crippen molar-refractivity contribution in [1.82, 2.24) is 15.5 Å². The van der Waals surface area contributed by atoms with E-state index in [-0.39, 0.29) is 5.91 Å². The summed E-state index contributed by atoms with van der Waals surface area (Å²) >= 11 is 0. The van der Waals surface area contributed by atoms with E-state index >= 15 is 0 Å². The Morgan fingerprint density at radius 2 is 1.79 bits per heavy atom. The number of nitrogens with one attached hydrogen (secondary N) is 1. The molecule has 1 amide bonds. The third kappa shape index (κ3) is 4.22. The van der Waals surface area contributed by atoms with E-state index in [1.807, 2.05) is 41.3 Å². The number of carbonyl (C=O) groups is 1. The predicted molar refractivity (Wildman–Crippen MR) is 106 cm³/mol. The molecule has 1 aliphatic rings. The van der Waals surface area contributed by atoms with Gasteiger partial charge in [-0.2, -0.15) is 0 Å². The lowest BCUT2D eigenvalue weighted by atomic mass is 10.1. The highest BCUT2D eigenvalue weighted by Crippen LogP contribution is 2.26. The van der Waals surface area contributed by atoms with Crippen LogP contribution >= 0.6 is 0 Å². The monoisotopic (exact) mass is 394 g/mol. The lowest BCUT2D eigenvalue weighted by Gasteiger charge is -2.24. The van der Waals surface area contributed by atoms with Crippen LogP contribution in [0, 0.1) is 0 Å². The highest BCUT2D eigenvalue weighted by Gasteiger charge is 2.26. The molecule has 0 bridgehead atoms. The number of benzene rings is 2. The van der Waals surface area contributed by atoms with E-state index in [1.165, 1.54) is 7.11 Å². The molecular formula is C21H22N4O4. The van der Waals surface area contributed by atoms with Crippen molar-refractivity contribution in [2.75, 3.05) is 38.3 Å². The molecule has 1 N–H and O–H groups in total. The molecule has 0 spiro atoms. The Morgan fingerprint density at radius 1 is 1.07 bits per heavy atom. The molecule has 3 aromatic rings. The number of rotatable bonds is 6. The second-order valence-corrected chi connectivity index (χ2v) is 6.54. The van der Waals surface area contributed by atoms with Crippen molar-refractivity contribution in [2.45, 2.75) is 6.04 Å². The van der Waals surface area contributed by atoms with Gasteiger partial charge in [-0.1, -0.05) is 47.6 Å². The molecule has 0 aliphatic carbocycles. The van der Waals surface area contributed by atoms with Gasteiger partial charge in [-0.25, -0.2) is 0 Å². The minimum atomic E-state index is -0.587. The zero-order chi connectivity index (χ0) is 20.1. The minimum absolute atomic E-state index is 0.289. The SMILES string of the molecule is COc1ccccc1C(=O)NC(c1ccccc1)c1nnc(N2CCOCC2)o1. The van der Waals surface area contributed by atoms with E-state index < -0.39 is 6.04 Å². The standard InChI is InChI=1S/C21H22N4O4/c1-27-17-10-6-5-9-16(17)19(26)22-18(15-7-3-2-4-8-15)20-23-24-21(29-20)25-11-13-28-14-12-25/h2-10,18H,11-14H2,1H3,(H,22,26). The molecule has 0 radical (unpaired) electrons. The van der Waals surface area contributed by atoms with Gasteiger partial charge in [0.25, 0.3) is 5.91 Å². The molecule has 0 saturated carbocycles. The summed E-state index contributed by atoms with van der Waals surface area (Å²) in [4.78, 5) is 15.0. The Morgan fingerprint density at radius 3 is 2.55 bits per heavy atom. The van der Waals surface area contributed by atoms with Crippen molar-refractivity contribution in [3.8, 4) is 5.75 Å². The summed E-state index contributed by atoms with van der Waals surface area (Å²) in [6.45, 7) is 2.60. The highest BCUT2D eigenvalue weighted by molar-refractivity contribution is 5.97. The molecule has 1 atom stereocenters. The lowest BCUT2D eigenvalue weighted by Crippen LogP contribution is -2.36. The minimum Gasteiger partial charge on any atom is -0.496 e. The first-order valence-corrected chi connectivity index (χ1v) is 9.41. The number of morpholine rings is 1. The second kappa shape index (κ2) is 8.74. The Kier molecular flexibility index (Phi) is 5.71. The van der Waals surface area contributed by atoms with E-state index in [4.69, 9.17) is 13.9 Å². The van der Waals surface area contributed by atoms with E-state index in [9.17, 15) is 4.79 Å². The van der Waals surface area contributed by atoms with Crippen molar-refractivity contribution in [3.05, 3.63) is 71.6 Å². The topological polar surface area (TPSA) is 89.7 Å². The summed E-state index contributed by atoms with van der Waals surface area (Å²) in [6.07, 6.45) is 0. The number of aromatic nitrogens is 2. The van der Waals surface area contributed by atoms with Crippen molar-refractivity contribution in [1.29, 1.82) is 0 Å². The van der Waals surface area contributed by atoms with Crippen LogP contribution in [-0.4, -0.2) is 49.5 Å². The van der Waals surface area contributed by atoms with Crippen LogP contribution in [0.25, 0.3) is 0 Å². The highest BCUT2D eigenvalue weighted by atomic mass is 16.5. The average Bonchev–Trinajstić information content (AvgIpc) is 3.28. The number of amides is 1. The van der Waals surface area contributed by atoms with Gasteiger partial charge in [0.15, 0.2) is 0 Å². The molecule has 1 saturated heterocycles. The van der Waals surface area contributed by atoms with Gasteiger partial charge in [0.1, 0.15) is 11.8 Å². The molecule has 2 heterocycles. The predicted octanol–water partition coefficient (Wildman–Crippen LogP) is 2.43. The fraction of sp³-hybridized carbons (Fsp3) is 0.286. The molecule has 150 valence electrons. The second-order valence-electron chi connectivity index (χ2n) is 6.54.